The fourth-order valence-electron chi connectivity index (χ4n) is 3.59. The van der Waals surface area contributed by atoms with Crippen molar-refractivity contribution in [3.8, 4) is 11.4 Å². The third kappa shape index (κ3) is 3.10. The van der Waals surface area contributed by atoms with Gasteiger partial charge in [-0.15, -0.1) is 0 Å². The summed E-state index contributed by atoms with van der Waals surface area (Å²) in [7, 11) is 1.67. The zero-order valence-electron chi connectivity index (χ0n) is 16.6. The van der Waals surface area contributed by atoms with E-state index >= 15 is 0 Å². The summed E-state index contributed by atoms with van der Waals surface area (Å²) in [6.45, 7) is 0. The summed E-state index contributed by atoms with van der Waals surface area (Å²) in [5.74, 6) is 0.336. The van der Waals surface area contributed by atoms with Gasteiger partial charge in [-0.3, -0.25) is 14.5 Å². The van der Waals surface area contributed by atoms with Crippen LogP contribution in [0.1, 0.15) is 10.4 Å². The van der Waals surface area contributed by atoms with Crippen molar-refractivity contribution in [3.63, 3.8) is 0 Å². The van der Waals surface area contributed by atoms with E-state index in [2.05, 4.69) is 19.9 Å². The van der Waals surface area contributed by atoms with Crippen LogP contribution in [0.25, 0.3) is 33.3 Å². The van der Waals surface area contributed by atoms with Crippen molar-refractivity contribution in [2.75, 3.05) is 17.7 Å². The predicted molar refractivity (Wildman–Crippen MR) is 121 cm³/mol. The molecule has 8 heteroatoms. The molecule has 0 atom stereocenters. The molecule has 0 saturated carbocycles. The van der Waals surface area contributed by atoms with Crippen LogP contribution in [0.15, 0.2) is 71.7 Å². The number of anilines is 2. The van der Waals surface area contributed by atoms with Gasteiger partial charge in [0.05, 0.1) is 22.4 Å². The highest BCUT2D eigenvalue weighted by molar-refractivity contribution is 6.09. The summed E-state index contributed by atoms with van der Waals surface area (Å²) < 4.78 is 0. The Hall–Kier alpha value is -4.46. The van der Waals surface area contributed by atoms with Gasteiger partial charge in [0.25, 0.3) is 11.5 Å². The summed E-state index contributed by atoms with van der Waals surface area (Å²) in [5, 5.41) is 0.710. The number of carbonyl (C=O) groups is 1. The van der Waals surface area contributed by atoms with Crippen molar-refractivity contribution >= 4 is 39.3 Å². The minimum absolute atomic E-state index is 0.200. The number of hydrogen-bond donors (Lipinski definition) is 3. The molecule has 5 rings (SSSR count). The van der Waals surface area contributed by atoms with Crippen LogP contribution in [0.3, 0.4) is 0 Å². The quantitative estimate of drug-likeness (QED) is 0.421. The first kappa shape index (κ1) is 18.6. The van der Waals surface area contributed by atoms with Crippen molar-refractivity contribution in [2.45, 2.75) is 0 Å². The highest BCUT2D eigenvalue weighted by Gasteiger charge is 2.19. The normalized spacial score (nSPS) is 11.1. The molecule has 31 heavy (non-hydrogen) atoms. The van der Waals surface area contributed by atoms with Crippen LogP contribution in [-0.4, -0.2) is 32.9 Å². The molecule has 0 fully saturated rings. The number of H-pyrrole nitrogens is 2. The Morgan fingerprint density at radius 3 is 2.61 bits per heavy atom. The second kappa shape index (κ2) is 7.10. The topological polar surface area (TPSA) is 121 Å². The number of para-hydroxylation sites is 2. The van der Waals surface area contributed by atoms with Crippen LogP contribution in [0.5, 0.6) is 0 Å². The maximum atomic E-state index is 12.9. The molecule has 0 spiro atoms. The molecular weight excluding hydrogens is 392 g/mol. The molecule has 2 aromatic carbocycles. The second-order valence-electron chi connectivity index (χ2n) is 7.16. The number of amides is 1. The number of fused-ring (bicyclic) bond motifs is 2. The standard InChI is InChI=1S/C23H18N6O2/c1-29(18-8-4-5-11-25-18)23(31)13-9-10-14-17(12-13)27-20(19(14)24)21-22(30)28-16-7-3-2-6-15(16)26-21/h2-12,27H,24H2,1H3,(H,28,30). The Labute approximate surface area is 176 Å². The molecule has 152 valence electrons. The van der Waals surface area contributed by atoms with Crippen LogP contribution in [0, 0.1) is 0 Å². The first-order valence-electron chi connectivity index (χ1n) is 9.62. The number of nitrogens with two attached hydrogens (primary N) is 1. The first-order chi connectivity index (χ1) is 15.0. The molecule has 0 aliphatic rings. The van der Waals surface area contributed by atoms with Crippen LogP contribution in [-0.2, 0) is 0 Å². The van der Waals surface area contributed by atoms with E-state index in [1.54, 1.807) is 49.6 Å². The molecule has 0 aliphatic carbocycles. The highest BCUT2D eigenvalue weighted by atomic mass is 16.2. The van der Waals surface area contributed by atoms with Gasteiger partial charge in [0.15, 0.2) is 5.69 Å². The molecule has 0 unspecified atom stereocenters. The second-order valence-corrected chi connectivity index (χ2v) is 7.16. The summed E-state index contributed by atoms with van der Waals surface area (Å²) >= 11 is 0. The molecule has 0 radical (unpaired) electrons. The maximum Gasteiger partial charge on any atom is 0.276 e. The van der Waals surface area contributed by atoms with Crippen molar-refractivity contribution in [1.82, 2.24) is 19.9 Å². The van der Waals surface area contributed by atoms with Gasteiger partial charge in [-0.2, -0.15) is 0 Å². The predicted octanol–water partition coefficient (Wildman–Crippen LogP) is 3.33. The van der Waals surface area contributed by atoms with Gasteiger partial charge in [-0.05, 0) is 42.5 Å². The Kier molecular flexibility index (Phi) is 4.25. The van der Waals surface area contributed by atoms with Crippen molar-refractivity contribution < 1.29 is 4.79 Å². The van der Waals surface area contributed by atoms with Crippen LogP contribution in [0.4, 0.5) is 11.5 Å². The number of nitrogen functional groups attached to an aromatic ring is 1. The van der Waals surface area contributed by atoms with Gasteiger partial charge in [0.2, 0.25) is 0 Å². The van der Waals surface area contributed by atoms with Gasteiger partial charge in [0.1, 0.15) is 5.82 Å². The molecule has 5 aromatic rings. The third-order valence-corrected chi connectivity index (χ3v) is 5.22. The minimum atomic E-state index is -0.344. The molecule has 3 aromatic heterocycles. The van der Waals surface area contributed by atoms with E-state index in [9.17, 15) is 9.59 Å². The van der Waals surface area contributed by atoms with Gasteiger partial charge < -0.3 is 15.7 Å². The minimum Gasteiger partial charge on any atom is -0.396 e. The Bertz CT molecular complexity index is 1500. The van der Waals surface area contributed by atoms with E-state index in [4.69, 9.17) is 5.73 Å². The molecule has 0 aliphatic heterocycles. The number of nitrogens with zero attached hydrogens (tertiary/aromatic N) is 3. The number of pyridine rings is 1. The summed E-state index contributed by atoms with van der Waals surface area (Å²) in [6, 6.07) is 17.8. The van der Waals surface area contributed by atoms with Gasteiger partial charge in [-0.1, -0.05) is 18.2 Å². The van der Waals surface area contributed by atoms with Crippen LogP contribution in [0.2, 0.25) is 0 Å². The van der Waals surface area contributed by atoms with Crippen molar-refractivity contribution in [3.05, 3.63) is 82.8 Å². The Morgan fingerprint density at radius 2 is 1.81 bits per heavy atom. The average Bonchev–Trinajstić information content (AvgIpc) is 3.13. The summed E-state index contributed by atoms with van der Waals surface area (Å²) in [6.07, 6.45) is 1.63. The molecule has 3 heterocycles. The van der Waals surface area contributed by atoms with Crippen LogP contribution < -0.4 is 16.2 Å². The average molecular weight is 410 g/mol. The van der Waals surface area contributed by atoms with E-state index in [0.29, 0.717) is 44.7 Å². The molecular formula is C23H18N6O2. The Balaban J connectivity index is 1.59. The number of benzene rings is 2. The van der Waals surface area contributed by atoms with Crippen molar-refractivity contribution in [1.29, 1.82) is 0 Å². The number of aromatic amines is 2. The largest absolute Gasteiger partial charge is 0.396 e. The number of nitrogens with one attached hydrogen (secondary N) is 2. The van der Waals surface area contributed by atoms with Crippen molar-refractivity contribution in [2.24, 2.45) is 0 Å². The molecule has 1 amide bonds. The monoisotopic (exact) mass is 410 g/mol. The first-order valence-corrected chi connectivity index (χ1v) is 9.62. The number of hydrogen-bond acceptors (Lipinski definition) is 5. The Morgan fingerprint density at radius 1 is 1.00 bits per heavy atom. The van der Waals surface area contributed by atoms with E-state index in [1.807, 2.05) is 24.3 Å². The lowest BCUT2D eigenvalue weighted by molar-refractivity contribution is 0.0992. The van der Waals surface area contributed by atoms with E-state index in [0.717, 1.165) is 0 Å². The summed E-state index contributed by atoms with van der Waals surface area (Å²) in [5.41, 5.74) is 9.42. The molecule has 0 saturated heterocycles. The number of aromatic nitrogens is 4. The van der Waals surface area contributed by atoms with Gasteiger partial charge in [-0.25, -0.2) is 9.97 Å². The van der Waals surface area contributed by atoms with E-state index in [1.165, 1.54) is 4.90 Å². The maximum absolute atomic E-state index is 12.9. The number of carbonyl (C=O) groups excluding carboxylic acids is 1. The van der Waals surface area contributed by atoms with E-state index < -0.39 is 0 Å². The highest BCUT2D eigenvalue weighted by Crippen LogP contribution is 2.31. The van der Waals surface area contributed by atoms with E-state index in [-0.39, 0.29) is 17.2 Å². The lowest BCUT2D eigenvalue weighted by Gasteiger charge is -2.16. The smallest absolute Gasteiger partial charge is 0.276 e. The zero-order valence-corrected chi connectivity index (χ0v) is 16.6. The number of rotatable bonds is 3. The van der Waals surface area contributed by atoms with Gasteiger partial charge >= 0.3 is 0 Å². The molecule has 4 N–H and O–H groups in total. The van der Waals surface area contributed by atoms with Crippen LogP contribution >= 0.6 is 0 Å². The lowest BCUT2D eigenvalue weighted by Crippen LogP contribution is -2.26. The SMILES string of the molecule is CN(C(=O)c1ccc2c(N)c(-c3nc4ccccc4[nH]c3=O)[nH]c2c1)c1ccccn1. The fraction of sp³-hybridized carbons (Fsp3) is 0.0435. The molecule has 8 nitrogen and oxygen atoms in total. The third-order valence-electron chi connectivity index (χ3n) is 5.22. The van der Waals surface area contributed by atoms with Gasteiger partial charge in [0, 0.05) is 29.7 Å². The zero-order chi connectivity index (χ0) is 21.5. The fourth-order valence-corrected chi connectivity index (χ4v) is 3.59. The lowest BCUT2D eigenvalue weighted by atomic mass is 10.1. The molecule has 0 bridgehead atoms. The summed E-state index contributed by atoms with van der Waals surface area (Å²) in [4.78, 5) is 41.7.